The minimum atomic E-state index is -2.96. The largest absolute Gasteiger partial charge is 0.433 e. The highest BCUT2D eigenvalue weighted by Crippen LogP contribution is 2.25. The molecule has 2 aromatic rings. The number of ether oxygens (including phenoxy) is 2. The average molecular weight is 433 g/mol. The maximum Gasteiger partial charge on any atom is 0.387 e. The third-order valence-electron chi connectivity index (χ3n) is 5.20. The van der Waals surface area contributed by atoms with Crippen molar-refractivity contribution in [2.24, 2.45) is 0 Å². The summed E-state index contributed by atoms with van der Waals surface area (Å²) in [7, 11) is 0. The average Bonchev–Trinajstić information content (AvgIpc) is 2.76. The van der Waals surface area contributed by atoms with Crippen LogP contribution in [0.4, 0.5) is 14.5 Å². The lowest BCUT2D eigenvalue weighted by atomic mass is 10.1. The van der Waals surface area contributed by atoms with Gasteiger partial charge in [0, 0.05) is 32.2 Å². The number of nitrogens with zero attached hydrogens (tertiary/aromatic N) is 2. The molecular formula is C23H29F2N3O3. The fraction of sp³-hybridized carbons (Fsp3) is 0.435. The molecule has 1 atom stereocenters. The van der Waals surface area contributed by atoms with E-state index in [0.29, 0.717) is 19.8 Å². The molecule has 1 aliphatic heterocycles. The molecule has 31 heavy (non-hydrogen) atoms. The van der Waals surface area contributed by atoms with Crippen molar-refractivity contribution < 1.29 is 23.0 Å². The van der Waals surface area contributed by atoms with Gasteiger partial charge in [0.05, 0.1) is 25.4 Å². The van der Waals surface area contributed by atoms with Crippen LogP contribution in [-0.4, -0.2) is 67.8 Å². The molecule has 1 heterocycles. The number of para-hydroxylation sites is 2. The van der Waals surface area contributed by atoms with Crippen molar-refractivity contribution in [2.45, 2.75) is 26.1 Å². The van der Waals surface area contributed by atoms with Crippen LogP contribution >= 0.6 is 0 Å². The Kier molecular flexibility index (Phi) is 8.75. The summed E-state index contributed by atoms with van der Waals surface area (Å²) in [6.07, 6.45) is 0. The van der Waals surface area contributed by atoms with E-state index in [9.17, 15) is 13.6 Å². The number of amides is 1. The van der Waals surface area contributed by atoms with Crippen molar-refractivity contribution in [3.63, 3.8) is 0 Å². The highest BCUT2D eigenvalue weighted by Gasteiger charge is 2.22. The number of hydrogen-bond acceptors (Lipinski definition) is 5. The van der Waals surface area contributed by atoms with E-state index in [1.807, 2.05) is 30.3 Å². The van der Waals surface area contributed by atoms with Gasteiger partial charge in [-0.25, -0.2) is 0 Å². The number of rotatable bonds is 10. The third-order valence-corrected chi connectivity index (χ3v) is 5.20. The van der Waals surface area contributed by atoms with Crippen molar-refractivity contribution in [3.8, 4) is 5.75 Å². The Morgan fingerprint density at radius 3 is 2.52 bits per heavy atom. The first-order valence-corrected chi connectivity index (χ1v) is 10.4. The lowest BCUT2D eigenvalue weighted by Crippen LogP contribution is -2.47. The van der Waals surface area contributed by atoms with E-state index < -0.39 is 6.61 Å². The van der Waals surface area contributed by atoms with Gasteiger partial charge in [-0.3, -0.25) is 14.6 Å². The number of carbonyl (C=O) groups excluding carboxylic acids is 1. The van der Waals surface area contributed by atoms with Crippen molar-refractivity contribution in [2.75, 3.05) is 44.7 Å². The van der Waals surface area contributed by atoms with E-state index in [1.54, 1.807) is 18.2 Å². The predicted octanol–water partition coefficient (Wildman–Crippen LogP) is 3.45. The maximum absolute atomic E-state index is 12.8. The molecule has 0 saturated carbocycles. The second-order valence-corrected chi connectivity index (χ2v) is 7.58. The number of hydrogen-bond donors (Lipinski definition) is 1. The Labute approximate surface area is 181 Å². The fourth-order valence-corrected chi connectivity index (χ4v) is 3.60. The number of halogens is 2. The summed E-state index contributed by atoms with van der Waals surface area (Å²) in [5.74, 6) is -0.336. The fourth-order valence-electron chi connectivity index (χ4n) is 3.60. The molecule has 3 rings (SSSR count). The zero-order valence-electron chi connectivity index (χ0n) is 17.7. The summed E-state index contributed by atoms with van der Waals surface area (Å²) in [5, 5.41) is 2.72. The van der Waals surface area contributed by atoms with Gasteiger partial charge in [0.25, 0.3) is 0 Å². The Balaban J connectivity index is 1.67. The van der Waals surface area contributed by atoms with Crippen LogP contribution in [0, 0.1) is 0 Å². The summed E-state index contributed by atoms with van der Waals surface area (Å²) < 4.78 is 35.3. The van der Waals surface area contributed by atoms with Crippen LogP contribution in [0.5, 0.6) is 5.75 Å². The number of morpholine rings is 1. The molecule has 0 bridgehead atoms. The van der Waals surface area contributed by atoms with Gasteiger partial charge in [-0.15, -0.1) is 0 Å². The minimum Gasteiger partial charge on any atom is -0.433 e. The Morgan fingerprint density at radius 2 is 1.81 bits per heavy atom. The second-order valence-electron chi connectivity index (χ2n) is 7.58. The SMILES string of the molecule is CC(CN1CCOCC1)N(CC(=O)Nc1ccccc1OC(F)F)Cc1ccccc1. The van der Waals surface area contributed by atoms with Gasteiger partial charge in [0.1, 0.15) is 5.75 Å². The van der Waals surface area contributed by atoms with Crippen LogP contribution in [-0.2, 0) is 16.1 Å². The summed E-state index contributed by atoms with van der Waals surface area (Å²) in [4.78, 5) is 17.2. The smallest absolute Gasteiger partial charge is 0.387 e. The number of anilines is 1. The quantitative estimate of drug-likeness (QED) is 0.622. The topological polar surface area (TPSA) is 54.0 Å². The molecule has 1 fully saturated rings. The first kappa shape index (κ1) is 23.1. The lowest BCUT2D eigenvalue weighted by molar-refractivity contribution is -0.118. The van der Waals surface area contributed by atoms with Crippen LogP contribution in [0.3, 0.4) is 0 Å². The van der Waals surface area contributed by atoms with Gasteiger partial charge >= 0.3 is 6.61 Å². The zero-order valence-corrected chi connectivity index (χ0v) is 17.7. The zero-order chi connectivity index (χ0) is 22.1. The molecule has 8 heteroatoms. The molecule has 1 amide bonds. The normalized spacial score (nSPS) is 15.8. The summed E-state index contributed by atoms with van der Waals surface area (Å²) >= 11 is 0. The molecular weight excluding hydrogens is 404 g/mol. The van der Waals surface area contributed by atoms with E-state index >= 15 is 0 Å². The molecule has 0 radical (unpaired) electrons. The van der Waals surface area contributed by atoms with Gasteiger partial charge in [-0.1, -0.05) is 42.5 Å². The lowest BCUT2D eigenvalue weighted by Gasteiger charge is -2.34. The Morgan fingerprint density at radius 1 is 1.13 bits per heavy atom. The van der Waals surface area contributed by atoms with Crippen LogP contribution in [0.1, 0.15) is 12.5 Å². The molecule has 6 nitrogen and oxygen atoms in total. The molecule has 1 unspecified atom stereocenters. The number of nitrogens with one attached hydrogen (secondary N) is 1. The highest BCUT2D eigenvalue weighted by molar-refractivity contribution is 5.93. The molecule has 1 aliphatic rings. The van der Waals surface area contributed by atoms with Crippen molar-refractivity contribution in [1.29, 1.82) is 0 Å². The van der Waals surface area contributed by atoms with Gasteiger partial charge < -0.3 is 14.8 Å². The number of carbonyl (C=O) groups is 1. The minimum absolute atomic E-state index is 0.0539. The number of benzene rings is 2. The Bertz CT molecular complexity index is 817. The van der Waals surface area contributed by atoms with Gasteiger partial charge in [-0.2, -0.15) is 8.78 Å². The van der Waals surface area contributed by atoms with Gasteiger partial charge in [-0.05, 0) is 24.6 Å². The van der Waals surface area contributed by atoms with E-state index in [4.69, 9.17) is 4.74 Å². The van der Waals surface area contributed by atoms with E-state index in [2.05, 4.69) is 26.8 Å². The van der Waals surface area contributed by atoms with Crippen LogP contribution < -0.4 is 10.1 Å². The first-order chi connectivity index (χ1) is 15.0. The van der Waals surface area contributed by atoms with Gasteiger partial charge in [0.2, 0.25) is 5.91 Å². The first-order valence-electron chi connectivity index (χ1n) is 10.4. The molecule has 0 spiro atoms. The van der Waals surface area contributed by atoms with Crippen LogP contribution in [0.25, 0.3) is 0 Å². The molecule has 0 aliphatic carbocycles. The molecule has 2 aromatic carbocycles. The molecule has 1 N–H and O–H groups in total. The standard InChI is InChI=1S/C23H29F2N3O3/c1-18(15-27-11-13-30-14-12-27)28(16-19-7-3-2-4-8-19)17-22(29)26-20-9-5-6-10-21(20)31-23(24)25/h2-10,18,23H,11-17H2,1H3,(H,26,29). The van der Waals surface area contributed by atoms with Crippen molar-refractivity contribution >= 4 is 11.6 Å². The van der Waals surface area contributed by atoms with E-state index in [-0.39, 0.29) is 29.9 Å². The summed E-state index contributed by atoms with van der Waals surface area (Å²) in [5.41, 5.74) is 1.33. The second kappa shape index (κ2) is 11.7. The van der Waals surface area contributed by atoms with Gasteiger partial charge in [0.15, 0.2) is 0 Å². The monoisotopic (exact) mass is 433 g/mol. The maximum atomic E-state index is 12.8. The molecule has 0 aromatic heterocycles. The van der Waals surface area contributed by atoms with Crippen LogP contribution in [0.2, 0.25) is 0 Å². The highest BCUT2D eigenvalue weighted by atomic mass is 19.3. The molecule has 168 valence electrons. The molecule has 1 saturated heterocycles. The summed E-state index contributed by atoms with van der Waals surface area (Å²) in [6.45, 7) is 3.86. The van der Waals surface area contributed by atoms with Crippen molar-refractivity contribution in [1.82, 2.24) is 9.80 Å². The summed E-state index contributed by atoms with van der Waals surface area (Å²) in [6, 6.07) is 16.3. The van der Waals surface area contributed by atoms with E-state index in [0.717, 1.165) is 25.2 Å². The van der Waals surface area contributed by atoms with Crippen LogP contribution in [0.15, 0.2) is 54.6 Å². The third kappa shape index (κ3) is 7.57. The number of alkyl halides is 2. The van der Waals surface area contributed by atoms with E-state index in [1.165, 1.54) is 6.07 Å². The van der Waals surface area contributed by atoms with Crippen molar-refractivity contribution in [3.05, 3.63) is 60.2 Å². The Hall–Kier alpha value is -2.55. The predicted molar refractivity (Wildman–Crippen MR) is 115 cm³/mol.